The van der Waals surface area contributed by atoms with Crippen LogP contribution in [-0.4, -0.2) is 18.6 Å². The maximum Gasteiger partial charge on any atom is 0.0408 e. The monoisotopic (exact) mass is 260 g/mol. The molecule has 0 saturated heterocycles. The molecule has 0 radical (unpaired) electrons. The molecule has 1 aromatic rings. The first-order chi connectivity index (χ1) is 8.86. The van der Waals surface area contributed by atoms with E-state index in [4.69, 9.17) is 0 Å². The molecule has 1 aliphatic rings. The third-order valence-corrected chi connectivity index (χ3v) is 4.24. The highest BCUT2D eigenvalue weighted by atomic mass is 15.2. The summed E-state index contributed by atoms with van der Waals surface area (Å²) in [5.74, 6) is 0.636. The summed E-state index contributed by atoms with van der Waals surface area (Å²) in [5, 5.41) is 3.24. The number of hydrogen-bond acceptors (Lipinski definition) is 2. The normalized spacial score (nSPS) is 21.6. The number of rotatable bonds is 3. The molecule has 0 unspecified atom stereocenters. The fourth-order valence-corrected chi connectivity index (χ4v) is 3.79. The highest BCUT2D eigenvalue weighted by molar-refractivity contribution is 5.61. The smallest absolute Gasteiger partial charge is 0.0408 e. The predicted octanol–water partition coefficient (Wildman–Crippen LogP) is 3.91. The number of nitrogens with one attached hydrogen (secondary N) is 1. The maximum absolute atomic E-state index is 3.24. The fraction of sp³-hybridized carbons (Fsp3) is 0.647. The van der Waals surface area contributed by atoms with Crippen molar-refractivity contribution in [3.05, 3.63) is 29.3 Å². The highest BCUT2D eigenvalue weighted by Gasteiger charge is 2.37. The van der Waals surface area contributed by atoms with Crippen LogP contribution in [0.4, 0.5) is 5.69 Å². The Kier molecular flexibility index (Phi) is 3.91. The second-order valence-electron chi connectivity index (χ2n) is 6.80. The Morgan fingerprint density at radius 2 is 2.05 bits per heavy atom. The number of benzene rings is 1. The molecule has 0 aliphatic carbocycles. The Balaban J connectivity index is 2.48. The summed E-state index contributed by atoms with van der Waals surface area (Å²) in [6, 6.07) is 7.51. The molecular weight excluding hydrogens is 232 g/mol. The maximum atomic E-state index is 3.24. The first-order valence-electron chi connectivity index (χ1n) is 7.43. The fourth-order valence-electron chi connectivity index (χ4n) is 3.79. The minimum atomic E-state index is 0.241. The van der Waals surface area contributed by atoms with Gasteiger partial charge in [0.25, 0.3) is 0 Å². The zero-order valence-electron chi connectivity index (χ0n) is 13.2. The lowest BCUT2D eigenvalue weighted by Crippen LogP contribution is -2.51. The number of hydrogen-bond donors (Lipinski definition) is 1. The van der Waals surface area contributed by atoms with Crippen LogP contribution >= 0.6 is 0 Å². The molecule has 2 heteroatoms. The van der Waals surface area contributed by atoms with Gasteiger partial charge in [0.1, 0.15) is 0 Å². The van der Waals surface area contributed by atoms with Crippen molar-refractivity contribution >= 4 is 5.69 Å². The van der Waals surface area contributed by atoms with Gasteiger partial charge in [0.2, 0.25) is 0 Å². The van der Waals surface area contributed by atoms with E-state index in [1.165, 1.54) is 23.2 Å². The van der Waals surface area contributed by atoms with Crippen molar-refractivity contribution in [1.82, 2.24) is 5.32 Å². The summed E-state index contributed by atoms with van der Waals surface area (Å²) in [6.45, 7) is 12.6. The van der Waals surface area contributed by atoms with Gasteiger partial charge in [0.05, 0.1) is 0 Å². The molecule has 0 saturated carbocycles. The average molecular weight is 260 g/mol. The van der Waals surface area contributed by atoms with Crippen molar-refractivity contribution in [2.45, 2.75) is 65.1 Å². The van der Waals surface area contributed by atoms with Gasteiger partial charge in [0, 0.05) is 23.8 Å². The molecule has 0 fully saturated rings. The number of nitrogens with zero attached hydrogens (tertiary/aromatic N) is 1. The first-order valence-corrected chi connectivity index (χ1v) is 7.43. The van der Waals surface area contributed by atoms with Gasteiger partial charge >= 0.3 is 0 Å². The lowest BCUT2D eigenvalue weighted by Gasteiger charge is -2.50. The lowest BCUT2D eigenvalue weighted by molar-refractivity contribution is 0.356. The third kappa shape index (κ3) is 2.64. The number of anilines is 1. The van der Waals surface area contributed by atoms with E-state index in [0.717, 1.165) is 6.54 Å². The zero-order chi connectivity index (χ0) is 14.2. The topological polar surface area (TPSA) is 15.3 Å². The Morgan fingerprint density at radius 1 is 1.37 bits per heavy atom. The second-order valence-corrected chi connectivity index (χ2v) is 6.80. The van der Waals surface area contributed by atoms with Crippen LogP contribution in [0.25, 0.3) is 0 Å². The van der Waals surface area contributed by atoms with Gasteiger partial charge in [-0.15, -0.1) is 0 Å². The number of fused-ring (bicyclic) bond motifs is 1. The van der Waals surface area contributed by atoms with Gasteiger partial charge in [-0.3, -0.25) is 0 Å². The molecular formula is C17H28N2. The average Bonchev–Trinajstić information content (AvgIpc) is 2.28. The standard InChI is InChI=1S/C17H28N2/c1-12(2)19-16-8-7-14(11-18-6)9-15(16)13(3)10-17(19,4)5/h7-9,12-13,18H,10-11H2,1-6H3/t13-/m1/s1. The Labute approximate surface area is 118 Å². The van der Waals surface area contributed by atoms with Crippen LogP contribution in [0.15, 0.2) is 18.2 Å². The summed E-state index contributed by atoms with van der Waals surface area (Å²) < 4.78 is 0. The van der Waals surface area contributed by atoms with Gasteiger partial charge in [0.15, 0.2) is 0 Å². The molecule has 1 atom stereocenters. The van der Waals surface area contributed by atoms with E-state index in [9.17, 15) is 0 Å². The Bertz CT molecular complexity index is 449. The molecule has 1 N–H and O–H groups in total. The first kappa shape index (κ1) is 14.4. The van der Waals surface area contributed by atoms with E-state index in [2.05, 4.69) is 63.0 Å². The van der Waals surface area contributed by atoms with Crippen molar-refractivity contribution in [2.24, 2.45) is 0 Å². The molecule has 0 spiro atoms. The van der Waals surface area contributed by atoms with Gasteiger partial charge in [-0.05, 0) is 64.3 Å². The van der Waals surface area contributed by atoms with Gasteiger partial charge in [-0.2, -0.15) is 0 Å². The molecule has 1 heterocycles. The van der Waals surface area contributed by atoms with Crippen LogP contribution in [0.3, 0.4) is 0 Å². The van der Waals surface area contributed by atoms with Gasteiger partial charge in [-0.25, -0.2) is 0 Å². The minimum Gasteiger partial charge on any atom is -0.364 e. The molecule has 106 valence electrons. The summed E-state index contributed by atoms with van der Waals surface area (Å²) >= 11 is 0. The highest BCUT2D eigenvalue weighted by Crippen LogP contribution is 2.44. The van der Waals surface area contributed by atoms with E-state index >= 15 is 0 Å². The van der Waals surface area contributed by atoms with Crippen molar-refractivity contribution in [3.63, 3.8) is 0 Å². The van der Waals surface area contributed by atoms with Crippen molar-refractivity contribution in [2.75, 3.05) is 11.9 Å². The van der Waals surface area contributed by atoms with Crippen LogP contribution in [0.2, 0.25) is 0 Å². The van der Waals surface area contributed by atoms with Gasteiger partial charge < -0.3 is 10.2 Å². The summed E-state index contributed by atoms with van der Waals surface area (Å²) in [7, 11) is 2.01. The molecule has 1 aromatic carbocycles. The molecule has 2 rings (SSSR count). The molecule has 0 bridgehead atoms. The van der Waals surface area contributed by atoms with Crippen LogP contribution in [0.5, 0.6) is 0 Å². The third-order valence-electron chi connectivity index (χ3n) is 4.24. The molecule has 0 amide bonds. The predicted molar refractivity (Wildman–Crippen MR) is 83.9 cm³/mol. The molecule has 19 heavy (non-hydrogen) atoms. The lowest BCUT2D eigenvalue weighted by atomic mass is 9.79. The van der Waals surface area contributed by atoms with E-state index in [1.807, 2.05) is 7.05 Å². The van der Waals surface area contributed by atoms with E-state index < -0.39 is 0 Å². The van der Waals surface area contributed by atoms with E-state index in [0.29, 0.717) is 12.0 Å². The van der Waals surface area contributed by atoms with Crippen LogP contribution in [0, 0.1) is 0 Å². The molecule has 2 nitrogen and oxygen atoms in total. The van der Waals surface area contributed by atoms with Crippen molar-refractivity contribution in [3.8, 4) is 0 Å². The van der Waals surface area contributed by atoms with Crippen molar-refractivity contribution in [1.29, 1.82) is 0 Å². The van der Waals surface area contributed by atoms with Crippen LogP contribution in [0.1, 0.15) is 58.1 Å². The summed E-state index contributed by atoms with van der Waals surface area (Å²) in [4.78, 5) is 2.59. The van der Waals surface area contributed by atoms with Gasteiger partial charge in [-0.1, -0.05) is 19.1 Å². The largest absolute Gasteiger partial charge is 0.364 e. The van der Waals surface area contributed by atoms with Crippen molar-refractivity contribution < 1.29 is 0 Å². The van der Waals surface area contributed by atoms with E-state index in [1.54, 1.807) is 0 Å². The Morgan fingerprint density at radius 3 is 2.63 bits per heavy atom. The Hall–Kier alpha value is -1.02. The SMILES string of the molecule is CNCc1ccc2c(c1)[C@H](C)CC(C)(C)N2C(C)C. The minimum absolute atomic E-state index is 0.241. The van der Waals surface area contributed by atoms with E-state index in [-0.39, 0.29) is 5.54 Å². The molecule has 0 aromatic heterocycles. The second kappa shape index (κ2) is 5.16. The van der Waals surface area contributed by atoms with Crippen LogP contribution < -0.4 is 10.2 Å². The zero-order valence-corrected chi connectivity index (χ0v) is 13.2. The quantitative estimate of drug-likeness (QED) is 0.886. The summed E-state index contributed by atoms with van der Waals surface area (Å²) in [5.41, 5.74) is 4.57. The van der Waals surface area contributed by atoms with Crippen LogP contribution in [-0.2, 0) is 6.54 Å². The molecule has 1 aliphatic heterocycles. The summed E-state index contributed by atoms with van der Waals surface area (Å²) in [6.07, 6.45) is 1.22.